The SMILES string of the molecule is CCC1CC(C(C)(C)CCN2CCC(O)CC2)=CC=C1C(F)(F)F. The number of alkyl halides is 3. The van der Waals surface area contributed by atoms with E-state index in [1.165, 1.54) is 6.08 Å². The highest BCUT2D eigenvalue weighted by atomic mass is 19.4. The number of likely N-dealkylation sites (tertiary alicyclic amines) is 1. The van der Waals surface area contributed by atoms with E-state index in [0.29, 0.717) is 12.8 Å². The molecular formula is C19H30F3NO. The molecule has 1 unspecified atom stereocenters. The predicted molar refractivity (Wildman–Crippen MR) is 90.7 cm³/mol. The molecule has 1 saturated heterocycles. The maximum Gasteiger partial charge on any atom is 0.412 e. The number of rotatable bonds is 5. The van der Waals surface area contributed by atoms with E-state index in [9.17, 15) is 18.3 Å². The fraction of sp³-hybridized carbons (Fsp3) is 0.789. The first-order valence-electron chi connectivity index (χ1n) is 9.02. The average Bonchev–Trinajstić information content (AvgIpc) is 2.53. The van der Waals surface area contributed by atoms with E-state index in [1.807, 2.05) is 6.92 Å². The van der Waals surface area contributed by atoms with Crippen LogP contribution in [0.1, 0.15) is 52.9 Å². The van der Waals surface area contributed by atoms with E-state index in [-0.39, 0.29) is 17.1 Å². The maximum absolute atomic E-state index is 13.1. The molecule has 0 amide bonds. The first kappa shape index (κ1) is 19.5. The van der Waals surface area contributed by atoms with Crippen molar-refractivity contribution in [1.29, 1.82) is 0 Å². The molecule has 1 aliphatic carbocycles. The Kier molecular flexibility index (Phi) is 6.19. The van der Waals surface area contributed by atoms with Crippen molar-refractivity contribution in [1.82, 2.24) is 4.90 Å². The van der Waals surface area contributed by atoms with Gasteiger partial charge in [0, 0.05) is 18.7 Å². The van der Waals surface area contributed by atoms with E-state index in [1.54, 1.807) is 6.08 Å². The van der Waals surface area contributed by atoms with E-state index < -0.39 is 12.1 Å². The van der Waals surface area contributed by atoms with Crippen LogP contribution in [0.3, 0.4) is 0 Å². The van der Waals surface area contributed by atoms with Gasteiger partial charge in [0.05, 0.1) is 6.10 Å². The number of aliphatic hydroxyl groups excluding tert-OH is 1. The van der Waals surface area contributed by atoms with Crippen LogP contribution in [0.25, 0.3) is 0 Å². The fourth-order valence-electron chi connectivity index (χ4n) is 3.70. The van der Waals surface area contributed by atoms with Gasteiger partial charge in [-0.25, -0.2) is 0 Å². The predicted octanol–water partition coefficient (Wildman–Crippen LogP) is 4.70. The monoisotopic (exact) mass is 345 g/mol. The molecule has 24 heavy (non-hydrogen) atoms. The van der Waals surface area contributed by atoms with Crippen LogP contribution < -0.4 is 0 Å². The van der Waals surface area contributed by atoms with Crippen molar-refractivity contribution >= 4 is 0 Å². The zero-order valence-corrected chi connectivity index (χ0v) is 15.0. The molecule has 2 rings (SSSR count). The molecule has 2 aliphatic rings. The Labute approximate surface area is 143 Å². The van der Waals surface area contributed by atoms with Gasteiger partial charge in [-0.2, -0.15) is 13.2 Å². The van der Waals surface area contributed by atoms with E-state index in [2.05, 4.69) is 18.7 Å². The van der Waals surface area contributed by atoms with Gasteiger partial charge in [0.15, 0.2) is 0 Å². The van der Waals surface area contributed by atoms with Crippen LogP contribution in [0.5, 0.6) is 0 Å². The third kappa shape index (κ3) is 4.85. The molecule has 0 spiro atoms. The van der Waals surface area contributed by atoms with Gasteiger partial charge in [-0.15, -0.1) is 0 Å². The Bertz CT molecular complexity index is 485. The van der Waals surface area contributed by atoms with Crippen LogP contribution in [0.2, 0.25) is 0 Å². The van der Waals surface area contributed by atoms with Gasteiger partial charge in [-0.1, -0.05) is 38.5 Å². The highest BCUT2D eigenvalue weighted by molar-refractivity contribution is 5.32. The minimum Gasteiger partial charge on any atom is -0.393 e. The normalized spacial score (nSPS) is 24.7. The molecule has 0 aromatic heterocycles. The van der Waals surface area contributed by atoms with Crippen LogP contribution in [0, 0.1) is 11.3 Å². The first-order valence-corrected chi connectivity index (χ1v) is 9.02. The van der Waals surface area contributed by atoms with Gasteiger partial charge in [-0.05, 0) is 50.0 Å². The van der Waals surface area contributed by atoms with Crippen molar-refractivity contribution < 1.29 is 18.3 Å². The van der Waals surface area contributed by atoms with Crippen molar-refractivity contribution in [3.8, 4) is 0 Å². The molecule has 1 N–H and O–H groups in total. The molecule has 1 atom stereocenters. The summed E-state index contributed by atoms with van der Waals surface area (Å²) in [5.41, 5.74) is 0.644. The second-order valence-electron chi connectivity index (χ2n) is 7.83. The molecule has 0 aromatic rings. The van der Waals surface area contributed by atoms with Gasteiger partial charge < -0.3 is 10.0 Å². The number of hydrogen-bond donors (Lipinski definition) is 1. The van der Waals surface area contributed by atoms with Gasteiger partial charge in [-0.3, -0.25) is 0 Å². The second-order valence-corrected chi connectivity index (χ2v) is 7.83. The summed E-state index contributed by atoms with van der Waals surface area (Å²) in [7, 11) is 0. The highest BCUT2D eigenvalue weighted by Gasteiger charge is 2.40. The average molecular weight is 345 g/mol. The van der Waals surface area contributed by atoms with Crippen LogP contribution >= 0.6 is 0 Å². The minimum atomic E-state index is -4.22. The number of hydrogen-bond acceptors (Lipinski definition) is 2. The summed E-state index contributed by atoms with van der Waals surface area (Å²) in [5.74, 6) is -0.422. The molecule has 1 aliphatic heterocycles. The molecule has 0 radical (unpaired) electrons. The summed E-state index contributed by atoms with van der Waals surface area (Å²) in [6.07, 6.45) is 2.20. The number of allylic oxidation sites excluding steroid dienone is 4. The Hall–Kier alpha value is -0.810. The second kappa shape index (κ2) is 7.61. The van der Waals surface area contributed by atoms with Gasteiger partial charge in [0.2, 0.25) is 0 Å². The fourth-order valence-corrected chi connectivity index (χ4v) is 3.70. The zero-order chi connectivity index (χ0) is 18.0. The number of piperidine rings is 1. The van der Waals surface area contributed by atoms with Crippen LogP contribution in [0.4, 0.5) is 13.2 Å². The summed E-state index contributed by atoms with van der Waals surface area (Å²) in [4.78, 5) is 2.35. The van der Waals surface area contributed by atoms with Crippen LogP contribution in [0.15, 0.2) is 23.3 Å². The minimum absolute atomic E-state index is 0.100. The quantitative estimate of drug-likeness (QED) is 0.780. The lowest BCUT2D eigenvalue weighted by atomic mass is 9.72. The van der Waals surface area contributed by atoms with Crippen molar-refractivity contribution in [3.63, 3.8) is 0 Å². The van der Waals surface area contributed by atoms with Crippen LogP contribution in [-0.2, 0) is 0 Å². The van der Waals surface area contributed by atoms with Crippen molar-refractivity contribution in [2.45, 2.75) is 65.2 Å². The molecule has 2 nitrogen and oxygen atoms in total. The van der Waals surface area contributed by atoms with E-state index in [4.69, 9.17) is 0 Å². The molecule has 5 heteroatoms. The smallest absolute Gasteiger partial charge is 0.393 e. The lowest BCUT2D eigenvalue weighted by Gasteiger charge is -2.37. The molecule has 0 bridgehead atoms. The summed E-state index contributed by atoms with van der Waals surface area (Å²) < 4.78 is 39.3. The topological polar surface area (TPSA) is 23.5 Å². The third-order valence-electron chi connectivity index (χ3n) is 5.67. The lowest BCUT2D eigenvalue weighted by Crippen LogP contribution is -2.38. The zero-order valence-electron chi connectivity index (χ0n) is 15.0. The summed E-state index contributed by atoms with van der Waals surface area (Å²) in [6, 6.07) is 0. The maximum atomic E-state index is 13.1. The number of halogens is 3. The van der Waals surface area contributed by atoms with Gasteiger partial charge in [0.25, 0.3) is 0 Å². The Morgan fingerprint density at radius 1 is 1.17 bits per heavy atom. The Balaban J connectivity index is 2.01. The standard InChI is InChI=1S/C19H30F3NO/c1-4-14-13-15(5-6-17(14)19(20,21)22)18(2,3)9-12-23-10-7-16(24)8-11-23/h5-6,14,16,24H,4,7-13H2,1-3H3. The summed E-state index contributed by atoms with van der Waals surface area (Å²) >= 11 is 0. The van der Waals surface area contributed by atoms with Crippen molar-refractivity contribution in [2.24, 2.45) is 11.3 Å². The summed E-state index contributed by atoms with van der Waals surface area (Å²) in [6.45, 7) is 8.86. The van der Waals surface area contributed by atoms with Gasteiger partial charge in [0.1, 0.15) is 0 Å². The lowest BCUT2D eigenvalue weighted by molar-refractivity contribution is -0.0996. The van der Waals surface area contributed by atoms with Crippen LogP contribution in [-0.4, -0.2) is 41.9 Å². The van der Waals surface area contributed by atoms with E-state index in [0.717, 1.165) is 44.5 Å². The molecule has 138 valence electrons. The Morgan fingerprint density at radius 2 is 1.79 bits per heavy atom. The van der Waals surface area contributed by atoms with E-state index >= 15 is 0 Å². The number of aliphatic hydroxyl groups is 1. The number of nitrogens with zero attached hydrogens (tertiary/aromatic N) is 1. The van der Waals surface area contributed by atoms with Crippen molar-refractivity contribution in [2.75, 3.05) is 19.6 Å². The molecule has 1 fully saturated rings. The molecule has 0 aromatic carbocycles. The third-order valence-corrected chi connectivity index (χ3v) is 5.67. The largest absolute Gasteiger partial charge is 0.412 e. The Morgan fingerprint density at radius 3 is 2.33 bits per heavy atom. The van der Waals surface area contributed by atoms with Crippen molar-refractivity contribution in [3.05, 3.63) is 23.3 Å². The summed E-state index contributed by atoms with van der Waals surface area (Å²) in [5, 5.41) is 9.57. The highest BCUT2D eigenvalue weighted by Crippen LogP contribution is 2.44. The molecule has 1 heterocycles. The molecular weight excluding hydrogens is 315 g/mol. The first-order chi connectivity index (χ1) is 11.1. The molecule has 0 saturated carbocycles. The van der Waals surface area contributed by atoms with Gasteiger partial charge >= 0.3 is 6.18 Å².